The minimum absolute atomic E-state index is 0.509. The van der Waals surface area contributed by atoms with Gasteiger partial charge in [0, 0.05) is 5.69 Å². The Morgan fingerprint density at radius 3 is 2.47 bits per heavy atom. The van der Waals surface area contributed by atoms with Crippen LogP contribution in [0.3, 0.4) is 0 Å². The minimum Gasteiger partial charge on any atom is -0.208 e. The molecule has 2 heterocycles. The van der Waals surface area contributed by atoms with E-state index in [2.05, 4.69) is 20.3 Å². The van der Waals surface area contributed by atoms with Crippen molar-refractivity contribution in [1.29, 1.82) is 0 Å². The minimum atomic E-state index is 0.509. The van der Waals surface area contributed by atoms with Crippen molar-refractivity contribution in [3.8, 4) is 5.95 Å². The van der Waals surface area contributed by atoms with Gasteiger partial charge in [-0.05, 0) is 32.0 Å². The van der Waals surface area contributed by atoms with Gasteiger partial charge in [-0.25, -0.2) is 9.67 Å². The van der Waals surface area contributed by atoms with E-state index in [0.29, 0.717) is 5.95 Å². The Hall–Kier alpha value is -2.30. The summed E-state index contributed by atoms with van der Waals surface area (Å²) in [7, 11) is 0. The van der Waals surface area contributed by atoms with Crippen molar-refractivity contribution in [2.24, 2.45) is 0 Å². The van der Waals surface area contributed by atoms with Crippen LogP contribution in [0.5, 0.6) is 0 Å². The zero-order chi connectivity index (χ0) is 11.8. The molecule has 5 heteroatoms. The van der Waals surface area contributed by atoms with E-state index in [4.69, 9.17) is 0 Å². The van der Waals surface area contributed by atoms with Gasteiger partial charge in [-0.15, -0.1) is 10.2 Å². The number of nitrogens with zero attached hydrogens (tertiary/aromatic N) is 5. The van der Waals surface area contributed by atoms with Gasteiger partial charge < -0.3 is 0 Å². The van der Waals surface area contributed by atoms with Crippen molar-refractivity contribution in [1.82, 2.24) is 25.0 Å². The fourth-order valence-corrected chi connectivity index (χ4v) is 1.79. The van der Waals surface area contributed by atoms with Gasteiger partial charge in [0.2, 0.25) is 0 Å². The van der Waals surface area contributed by atoms with E-state index in [9.17, 15) is 0 Å². The molecule has 0 unspecified atom stereocenters. The molecule has 0 bridgehead atoms. The van der Waals surface area contributed by atoms with Gasteiger partial charge in [0.15, 0.2) is 0 Å². The number of hydrogen-bond acceptors (Lipinski definition) is 4. The lowest BCUT2D eigenvalue weighted by molar-refractivity contribution is 0.757. The van der Waals surface area contributed by atoms with Gasteiger partial charge in [-0.2, -0.15) is 5.10 Å². The molecule has 0 radical (unpaired) electrons. The highest BCUT2D eigenvalue weighted by Gasteiger charge is 2.07. The molecule has 17 heavy (non-hydrogen) atoms. The van der Waals surface area contributed by atoms with E-state index in [1.54, 1.807) is 4.68 Å². The van der Waals surface area contributed by atoms with Crippen LogP contribution < -0.4 is 0 Å². The SMILES string of the molecule is Cc1cc(C)n(-c2nnc3ccccc3n2)n1. The Labute approximate surface area is 98.1 Å². The zero-order valence-electron chi connectivity index (χ0n) is 9.62. The summed E-state index contributed by atoms with van der Waals surface area (Å²) in [6, 6.07) is 9.64. The highest BCUT2D eigenvalue weighted by molar-refractivity contribution is 5.73. The largest absolute Gasteiger partial charge is 0.270 e. The smallest absolute Gasteiger partial charge is 0.208 e. The summed E-state index contributed by atoms with van der Waals surface area (Å²) in [6.45, 7) is 3.91. The molecule has 0 aliphatic rings. The molecule has 0 fully saturated rings. The van der Waals surface area contributed by atoms with Crippen molar-refractivity contribution < 1.29 is 0 Å². The Morgan fingerprint density at radius 2 is 1.76 bits per heavy atom. The summed E-state index contributed by atoms with van der Waals surface area (Å²) in [5, 5.41) is 12.6. The highest BCUT2D eigenvalue weighted by atomic mass is 15.4. The predicted octanol–water partition coefficient (Wildman–Crippen LogP) is 1.83. The van der Waals surface area contributed by atoms with Crippen LogP contribution in [0, 0.1) is 13.8 Å². The van der Waals surface area contributed by atoms with Crippen molar-refractivity contribution in [2.45, 2.75) is 13.8 Å². The summed E-state index contributed by atoms with van der Waals surface area (Å²) >= 11 is 0. The monoisotopic (exact) mass is 225 g/mol. The average molecular weight is 225 g/mol. The third-order valence-corrected chi connectivity index (χ3v) is 2.55. The molecule has 0 N–H and O–H groups in total. The molecule has 0 amide bonds. The summed E-state index contributed by atoms with van der Waals surface area (Å²) in [5.74, 6) is 0.509. The van der Waals surface area contributed by atoms with Crippen LogP contribution in [-0.2, 0) is 0 Å². The summed E-state index contributed by atoms with van der Waals surface area (Å²) in [5.41, 5.74) is 3.56. The van der Waals surface area contributed by atoms with Crippen LogP contribution >= 0.6 is 0 Å². The topological polar surface area (TPSA) is 56.5 Å². The standard InChI is InChI=1S/C12H11N5/c1-8-7-9(2)17(16-8)12-13-10-5-3-4-6-11(10)14-15-12/h3-7H,1-2H3. The van der Waals surface area contributed by atoms with Crippen LogP contribution in [0.1, 0.15) is 11.4 Å². The fraction of sp³-hybridized carbons (Fsp3) is 0.167. The third-order valence-electron chi connectivity index (χ3n) is 2.55. The first kappa shape index (κ1) is 9.89. The van der Waals surface area contributed by atoms with Crippen molar-refractivity contribution in [2.75, 3.05) is 0 Å². The van der Waals surface area contributed by atoms with Crippen LogP contribution in [0.4, 0.5) is 0 Å². The lowest BCUT2D eigenvalue weighted by atomic mass is 10.3. The molecule has 0 atom stereocenters. The molecule has 3 aromatic rings. The van der Waals surface area contributed by atoms with Crippen LogP contribution in [0.25, 0.3) is 17.0 Å². The molecule has 2 aromatic heterocycles. The summed E-state index contributed by atoms with van der Waals surface area (Å²) in [4.78, 5) is 4.45. The molecule has 3 rings (SSSR count). The van der Waals surface area contributed by atoms with Crippen molar-refractivity contribution >= 4 is 11.0 Å². The lowest BCUT2D eigenvalue weighted by Gasteiger charge is -2.02. The maximum absolute atomic E-state index is 4.45. The summed E-state index contributed by atoms with van der Waals surface area (Å²) in [6.07, 6.45) is 0. The maximum atomic E-state index is 4.45. The number of hydrogen-bond donors (Lipinski definition) is 0. The van der Waals surface area contributed by atoms with Crippen LogP contribution in [-0.4, -0.2) is 25.0 Å². The number of para-hydroxylation sites is 1. The molecule has 0 aliphatic carbocycles. The Kier molecular flexibility index (Phi) is 2.11. The second-order valence-corrected chi connectivity index (χ2v) is 3.94. The Balaban J connectivity index is 2.21. The molecule has 84 valence electrons. The zero-order valence-corrected chi connectivity index (χ0v) is 9.62. The molecule has 0 saturated carbocycles. The van der Waals surface area contributed by atoms with E-state index < -0.39 is 0 Å². The highest BCUT2D eigenvalue weighted by Crippen LogP contribution is 2.11. The van der Waals surface area contributed by atoms with Gasteiger partial charge in [0.05, 0.1) is 11.2 Å². The van der Waals surface area contributed by atoms with Gasteiger partial charge in [-0.3, -0.25) is 0 Å². The van der Waals surface area contributed by atoms with E-state index in [1.165, 1.54) is 0 Å². The number of benzene rings is 1. The third kappa shape index (κ3) is 1.65. The van der Waals surface area contributed by atoms with E-state index >= 15 is 0 Å². The molecule has 1 aromatic carbocycles. The Bertz CT molecular complexity index is 686. The molecule has 0 aliphatic heterocycles. The quantitative estimate of drug-likeness (QED) is 0.634. The van der Waals surface area contributed by atoms with E-state index in [1.807, 2.05) is 44.2 Å². The number of fused-ring (bicyclic) bond motifs is 1. The molecular weight excluding hydrogens is 214 g/mol. The number of aryl methyl sites for hydroxylation is 2. The first-order valence-electron chi connectivity index (χ1n) is 5.37. The second-order valence-electron chi connectivity index (χ2n) is 3.94. The fourth-order valence-electron chi connectivity index (χ4n) is 1.79. The van der Waals surface area contributed by atoms with E-state index in [0.717, 1.165) is 22.4 Å². The van der Waals surface area contributed by atoms with Gasteiger partial charge in [-0.1, -0.05) is 12.1 Å². The maximum Gasteiger partial charge on any atom is 0.270 e. The Morgan fingerprint density at radius 1 is 1.00 bits per heavy atom. The van der Waals surface area contributed by atoms with Crippen LogP contribution in [0.2, 0.25) is 0 Å². The normalized spacial score (nSPS) is 10.9. The van der Waals surface area contributed by atoms with Crippen LogP contribution in [0.15, 0.2) is 30.3 Å². The molecular formula is C12H11N5. The first-order chi connectivity index (χ1) is 8.24. The van der Waals surface area contributed by atoms with Crippen molar-refractivity contribution in [3.63, 3.8) is 0 Å². The number of aromatic nitrogens is 5. The molecule has 5 nitrogen and oxygen atoms in total. The summed E-state index contributed by atoms with van der Waals surface area (Å²) < 4.78 is 1.70. The lowest BCUT2D eigenvalue weighted by Crippen LogP contribution is -2.06. The predicted molar refractivity (Wildman–Crippen MR) is 63.9 cm³/mol. The van der Waals surface area contributed by atoms with Gasteiger partial charge in [0.1, 0.15) is 5.52 Å². The molecule has 0 spiro atoms. The second kappa shape index (κ2) is 3.62. The van der Waals surface area contributed by atoms with Gasteiger partial charge in [0.25, 0.3) is 5.95 Å². The average Bonchev–Trinajstić information content (AvgIpc) is 2.68. The first-order valence-corrected chi connectivity index (χ1v) is 5.37. The number of rotatable bonds is 1. The van der Waals surface area contributed by atoms with E-state index in [-0.39, 0.29) is 0 Å². The van der Waals surface area contributed by atoms with Crippen molar-refractivity contribution in [3.05, 3.63) is 41.7 Å². The van der Waals surface area contributed by atoms with Gasteiger partial charge >= 0.3 is 0 Å². The molecule has 0 saturated heterocycles.